The lowest BCUT2D eigenvalue weighted by Gasteiger charge is -2.09. The molecule has 0 aliphatic heterocycles. The van der Waals surface area contributed by atoms with Crippen LogP contribution in [0.5, 0.6) is 5.88 Å². The summed E-state index contributed by atoms with van der Waals surface area (Å²) >= 11 is 6.17. The summed E-state index contributed by atoms with van der Waals surface area (Å²) in [4.78, 5) is 16.9. The monoisotopic (exact) mass is 446 g/mol. The second-order valence-electron chi connectivity index (χ2n) is 7.10. The normalized spacial score (nSPS) is 12.4. The fourth-order valence-corrected chi connectivity index (χ4v) is 3.04. The molecule has 2 heterocycles. The SMILES string of the molecule is C1CCCC1.CC(C)Oc1ncc(-c2nc(-c3ccc(N)cc3)no2)cc1Cl.O=CO. The summed E-state index contributed by atoms with van der Waals surface area (Å²) < 4.78 is 10.8. The van der Waals surface area contributed by atoms with Gasteiger partial charge in [-0.15, -0.1) is 0 Å². The van der Waals surface area contributed by atoms with E-state index in [2.05, 4.69) is 15.1 Å². The molecule has 1 aliphatic carbocycles. The summed E-state index contributed by atoms with van der Waals surface area (Å²) in [5.41, 5.74) is 7.78. The summed E-state index contributed by atoms with van der Waals surface area (Å²) in [6, 6.07) is 8.90. The molecule has 4 rings (SSSR count). The number of aromatic nitrogens is 3. The summed E-state index contributed by atoms with van der Waals surface area (Å²) in [7, 11) is 0. The Labute approximate surface area is 186 Å². The van der Waals surface area contributed by atoms with Crippen LogP contribution in [-0.4, -0.2) is 32.8 Å². The topological polar surface area (TPSA) is 124 Å². The third-order valence-electron chi connectivity index (χ3n) is 4.25. The largest absolute Gasteiger partial charge is 0.483 e. The Morgan fingerprint density at radius 2 is 1.71 bits per heavy atom. The van der Waals surface area contributed by atoms with Gasteiger partial charge >= 0.3 is 0 Å². The molecule has 3 aromatic rings. The molecule has 8 nitrogen and oxygen atoms in total. The number of benzene rings is 1. The number of anilines is 1. The van der Waals surface area contributed by atoms with E-state index in [1.165, 1.54) is 32.1 Å². The number of hydrogen-bond acceptors (Lipinski definition) is 7. The Morgan fingerprint density at radius 3 is 2.23 bits per heavy atom. The Balaban J connectivity index is 0.000000361. The van der Waals surface area contributed by atoms with Crippen LogP contribution in [0.1, 0.15) is 46.0 Å². The van der Waals surface area contributed by atoms with Gasteiger partial charge in [0.1, 0.15) is 5.02 Å². The van der Waals surface area contributed by atoms with E-state index in [-0.39, 0.29) is 12.6 Å². The van der Waals surface area contributed by atoms with Crippen LogP contribution >= 0.6 is 11.6 Å². The van der Waals surface area contributed by atoms with Gasteiger partial charge in [0.25, 0.3) is 12.4 Å². The number of nitrogens with two attached hydrogens (primary N) is 1. The molecule has 1 fully saturated rings. The molecule has 0 bridgehead atoms. The maximum atomic E-state index is 8.36. The zero-order valence-corrected chi connectivity index (χ0v) is 18.4. The van der Waals surface area contributed by atoms with Crippen LogP contribution in [0.3, 0.4) is 0 Å². The van der Waals surface area contributed by atoms with Crippen LogP contribution in [-0.2, 0) is 4.79 Å². The second kappa shape index (κ2) is 12.5. The van der Waals surface area contributed by atoms with Crippen LogP contribution in [0.4, 0.5) is 5.69 Å². The number of carbonyl (C=O) groups is 1. The van der Waals surface area contributed by atoms with Crippen molar-refractivity contribution in [2.24, 2.45) is 0 Å². The van der Waals surface area contributed by atoms with Crippen molar-refractivity contribution in [1.82, 2.24) is 15.1 Å². The molecule has 1 saturated carbocycles. The molecular formula is C22H27ClN4O4. The lowest BCUT2D eigenvalue weighted by Crippen LogP contribution is -2.07. The second-order valence-corrected chi connectivity index (χ2v) is 7.50. The van der Waals surface area contributed by atoms with Gasteiger partial charge < -0.3 is 20.1 Å². The zero-order valence-electron chi connectivity index (χ0n) is 17.6. The van der Waals surface area contributed by atoms with E-state index in [1.807, 2.05) is 26.0 Å². The molecule has 1 aliphatic rings. The van der Waals surface area contributed by atoms with Gasteiger partial charge in [-0.25, -0.2) is 4.98 Å². The van der Waals surface area contributed by atoms with Gasteiger partial charge in [0, 0.05) is 17.4 Å². The number of hydrogen-bond donors (Lipinski definition) is 2. The Bertz CT molecular complexity index is 933. The van der Waals surface area contributed by atoms with E-state index in [9.17, 15) is 0 Å². The predicted octanol–water partition coefficient (Wildman–Crippen LogP) is 5.47. The number of rotatable bonds is 4. The first-order valence-electron chi connectivity index (χ1n) is 10.0. The van der Waals surface area contributed by atoms with E-state index < -0.39 is 0 Å². The molecule has 0 atom stereocenters. The molecule has 31 heavy (non-hydrogen) atoms. The van der Waals surface area contributed by atoms with Crippen molar-refractivity contribution in [3.05, 3.63) is 41.6 Å². The smallest absolute Gasteiger partial charge is 0.290 e. The predicted molar refractivity (Wildman–Crippen MR) is 120 cm³/mol. The van der Waals surface area contributed by atoms with Gasteiger partial charge in [0.2, 0.25) is 11.7 Å². The van der Waals surface area contributed by atoms with Crippen molar-refractivity contribution in [3.63, 3.8) is 0 Å². The molecule has 0 radical (unpaired) electrons. The van der Waals surface area contributed by atoms with Crippen molar-refractivity contribution in [2.45, 2.75) is 52.1 Å². The average molecular weight is 447 g/mol. The summed E-state index contributed by atoms with van der Waals surface area (Å²) in [6.45, 7) is 3.56. The van der Waals surface area contributed by atoms with Crippen molar-refractivity contribution >= 4 is 23.8 Å². The van der Waals surface area contributed by atoms with Crippen LogP contribution in [0.25, 0.3) is 22.8 Å². The number of nitrogen functional groups attached to an aromatic ring is 1. The molecule has 1 aromatic carbocycles. The molecule has 0 unspecified atom stereocenters. The average Bonchev–Trinajstić information content (AvgIpc) is 3.46. The number of halogens is 1. The first-order chi connectivity index (χ1) is 14.9. The Kier molecular flexibility index (Phi) is 9.77. The van der Waals surface area contributed by atoms with E-state index in [0.717, 1.165) is 5.56 Å². The molecule has 0 saturated heterocycles. The minimum Gasteiger partial charge on any atom is -0.483 e. The minimum absolute atomic E-state index is 0.00799. The van der Waals surface area contributed by atoms with E-state index in [4.69, 9.17) is 36.5 Å². The lowest BCUT2D eigenvalue weighted by atomic mass is 10.2. The van der Waals surface area contributed by atoms with Crippen molar-refractivity contribution in [3.8, 4) is 28.7 Å². The van der Waals surface area contributed by atoms with Crippen LogP contribution < -0.4 is 10.5 Å². The minimum atomic E-state index is -0.250. The third kappa shape index (κ3) is 7.90. The highest BCUT2D eigenvalue weighted by atomic mass is 35.5. The molecule has 166 valence electrons. The van der Waals surface area contributed by atoms with E-state index in [1.54, 1.807) is 24.4 Å². The van der Waals surface area contributed by atoms with E-state index in [0.29, 0.717) is 33.9 Å². The molecule has 0 amide bonds. The molecule has 3 N–H and O–H groups in total. The highest BCUT2D eigenvalue weighted by Crippen LogP contribution is 2.29. The fourth-order valence-electron chi connectivity index (χ4n) is 2.83. The van der Waals surface area contributed by atoms with Gasteiger partial charge in [0.05, 0.1) is 11.7 Å². The maximum absolute atomic E-state index is 8.36. The van der Waals surface area contributed by atoms with Crippen LogP contribution in [0, 0.1) is 0 Å². The first kappa shape index (κ1) is 24.1. The van der Waals surface area contributed by atoms with Gasteiger partial charge in [0.15, 0.2) is 0 Å². The van der Waals surface area contributed by atoms with Gasteiger partial charge in [-0.2, -0.15) is 4.98 Å². The Hall–Kier alpha value is -3.13. The highest BCUT2D eigenvalue weighted by molar-refractivity contribution is 6.32. The number of carboxylic acid groups (broad SMARTS) is 1. The molecule has 2 aromatic heterocycles. The molecule has 0 spiro atoms. The van der Waals surface area contributed by atoms with Crippen LogP contribution in [0.2, 0.25) is 5.02 Å². The van der Waals surface area contributed by atoms with Gasteiger partial charge in [-0.1, -0.05) is 48.9 Å². The maximum Gasteiger partial charge on any atom is 0.290 e. The van der Waals surface area contributed by atoms with Crippen LogP contribution in [0.15, 0.2) is 41.1 Å². The first-order valence-corrected chi connectivity index (χ1v) is 10.4. The van der Waals surface area contributed by atoms with E-state index >= 15 is 0 Å². The van der Waals surface area contributed by atoms with Gasteiger partial charge in [-0.05, 0) is 44.2 Å². The number of pyridine rings is 1. The number of ether oxygens (including phenoxy) is 1. The van der Waals surface area contributed by atoms with Crippen molar-refractivity contribution in [2.75, 3.05) is 5.73 Å². The van der Waals surface area contributed by atoms with Gasteiger partial charge in [-0.3, -0.25) is 4.79 Å². The van der Waals surface area contributed by atoms with Crippen molar-refractivity contribution < 1.29 is 19.2 Å². The lowest BCUT2D eigenvalue weighted by molar-refractivity contribution is -0.122. The Morgan fingerprint density at radius 1 is 1.13 bits per heavy atom. The number of nitrogens with zero attached hydrogens (tertiary/aromatic N) is 3. The molecule has 9 heteroatoms. The summed E-state index contributed by atoms with van der Waals surface area (Å²) in [5.74, 6) is 1.18. The zero-order chi connectivity index (χ0) is 22.6. The summed E-state index contributed by atoms with van der Waals surface area (Å²) in [6.07, 6.45) is 9.08. The fraction of sp³-hybridized carbons (Fsp3) is 0.364. The quantitative estimate of drug-likeness (QED) is 0.399. The molecular weight excluding hydrogens is 420 g/mol. The van der Waals surface area contributed by atoms with Crippen molar-refractivity contribution in [1.29, 1.82) is 0 Å². The summed E-state index contributed by atoms with van der Waals surface area (Å²) in [5, 5.41) is 11.2. The third-order valence-corrected chi connectivity index (χ3v) is 4.52. The highest BCUT2D eigenvalue weighted by Gasteiger charge is 2.14. The standard InChI is InChI=1S/C16H15ClN4O2.C5H10.CH2O2/c1-9(2)22-16-13(17)7-11(8-19-16)15-20-14(21-23-15)10-3-5-12(18)6-4-10;1-2-4-5-3-1;2-1-3/h3-9H,18H2,1-2H3;1-5H2;1H,(H,2,3).